The number of ether oxygens (including phenoxy) is 2. The Morgan fingerprint density at radius 3 is 1.80 bits per heavy atom. The fraction of sp³-hybridized carbons (Fsp3) is 0.556. The van der Waals surface area contributed by atoms with Gasteiger partial charge < -0.3 is 55.8 Å². The summed E-state index contributed by atoms with van der Waals surface area (Å²) in [4.78, 5) is 64.6. The highest BCUT2D eigenvalue weighted by atomic mass is 31.2. The fourth-order valence-corrected chi connectivity index (χ4v) is 4.42. The van der Waals surface area contributed by atoms with E-state index in [0.29, 0.717) is 0 Å². The van der Waals surface area contributed by atoms with E-state index in [-0.39, 0.29) is 18.1 Å². The average molecular weight is 630 g/mol. The van der Waals surface area contributed by atoms with Crippen LogP contribution in [0.3, 0.4) is 0 Å². The molecule has 2 aliphatic heterocycles. The minimum atomic E-state index is -4.74. The highest BCUT2D eigenvalue weighted by Gasteiger charge is 2.45. The summed E-state index contributed by atoms with van der Waals surface area (Å²) in [6.07, 6.45) is -5.59. The van der Waals surface area contributed by atoms with E-state index in [9.17, 15) is 34.0 Å². The number of phosphoric ester groups is 2. The monoisotopic (exact) mass is 630 g/mol. The summed E-state index contributed by atoms with van der Waals surface area (Å²) in [5, 5.41) is 29.4. The first-order valence-electron chi connectivity index (χ1n) is 11.4. The molecule has 0 amide bonds. The van der Waals surface area contributed by atoms with Crippen molar-refractivity contribution in [1.82, 2.24) is 19.1 Å². The summed E-state index contributed by atoms with van der Waals surface area (Å²) in [5.41, 5.74) is 9.24. The molecule has 0 aliphatic carbocycles. The SMILES string of the molecule is Nc1ccn([C@@H]2O[C@H](COP(=O)(O)O)[C@@H](O)[C@H]2O)c(=O)n1.Nc1ccn([C@H]2C[C@H](O)[C@@H](COP(=O)(O)O)O2)c(=O)n1. The van der Waals surface area contributed by atoms with Crippen LogP contribution in [-0.4, -0.2) is 97.7 Å². The molecule has 0 saturated carbocycles. The van der Waals surface area contributed by atoms with Crippen LogP contribution in [0, 0.1) is 0 Å². The van der Waals surface area contributed by atoms with Crippen molar-refractivity contribution in [1.29, 1.82) is 0 Å². The summed E-state index contributed by atoms with van der Waals surface area (Å²) in [7, 11) is -9.38. The number of aliphatic hydroxyl groups excluding tert-OH is 3. The van der Waals surface area contributed by atoms with E-state index in [1.165, 1.54) is 24.5 Å². The molecule has 2 aliphatic rings. The van der Waals surface area contributed by atoms with Gasteiger partial charge in [0.1, 0.15) is 42.3 Å². The van der Waals surface area contributed by atoms with Gasteiger partial charge in [0.25, 0.3) is 0 Å². The van der Waals surface area contributed by atoms with Gasteiger partial charge in [-0.15, -0.1) is 0 Å². The van der Waals surface area contributed by atoms with Crippen LogP contribution in [0.25, 0.3) is 0 Å². The van der Waals surface area contributed by atoms with Crippen LogP contribution in [0.1, 0.15) is 18.9 Å². The molecule has 11 N–H and O–H groups in total. The third kappa shape index (κ3) is 9.18. The number of hydrogen-bond acceptors (Lipinski definition) is 15. The number of anilines is 2. The fourth-order valence-electron chi connectivity index (χ4n) is 3.74. The summed E-state index contributed by atoms with van der Waals surface area (Å²) < 4.78 is 42.3. The molecule has 7 atom stereocenters. The van der Waals surface area contributed by atoms with Gasteiger partial charge in [0, 0.05) is 18.8 Å². The van der Waals surface area contributed by atoms with E-state index in [4.69, 9.17) is 40.5 Å². The smallest absolute Gasteiger partial charge is 0.390 e. The van der Waals surface area contributed by atoms with Gasteiger partial charge in [-0.3, -0.25) is 18.2 Å². The van der Waals surface area contributed by atoms with Crippen LogP contribution >= 0.6 is 15.6 Å². The van der Waals surface area contributed by atoms with E-state index in [0.717, 1.165) is 9.13 Å². The molecule has 2 aromatic heterocycles. The lowest BCUT2D eigenvalue weighted by Gasteiger charge is -2.16. The molecular weight excluding hydrogens is 602 g/mol. The highest BCUT2D eigenvalue weighted by molar-refractivity contribution is 7.46. The first-order valence-corrected chi connectivity index (χ1v) is 14.5. The van der Waals surface area contributed by atoms with Gasteiger partial charge in [0.2, 0.25) is 0 Å². The zero-order valence-electron chi connectivity index (χ0n) is 20.7. The Morgan fingerprint density at radius 1 is 0.829 bits per heavy atom. The van der Waals surface area contributed by atoms with Crippen LogP contribution in [0.15, 0.2) is 34.1 Å². The molecule has 230 valence electrons. The Morgan fingerprint density at radius 2 is 1.32 bits per heavy atom. The van der Waals surface area contributed by atoms with E-state index in [2.05, 4.69) is 19.0 Å². The molecule has 0 bridgehead atoms. The van der Waals surface area contributed by atoms with Gasteiger partial charge in [-0.05, 0) is 12.1 Å². The van der Waals surface area contributed by atoms with E-state index in [1.54, 1.807) is 0 Å². The normalized spacial score (nSPS) is 28.3. The molecule has 0 spiro atoms. The van der Waals surface area contributed by atoms with Crippen LogP contribution < -0.4 is 22.8 Å². The molecule has 4 rings (SSSR count). The van der Waals surface area contributed by atoms with E-state index in [1.807, 2.05) is 0 Å². The van der Waals surface area contributed by atoms with E-state index < -0.39 is 83.2 Å². The lowest BCUT2D eigenvalue weighted by atomic mass is 10.1. The molecule has 23 heteroatoms. The van der Waals surface area contributed by atoms with Crippen LogP contribution in [-0.2, 0) is 27.7 Å². The van der Waals surface area contributed by atoms with Crippen molar-refractivity contribution in [2.75, 3.05) is 24.7 Å². The summed E-state index contributed by atoms with van der Waals surface area (Å²) in [5.74, 6) is 0.0387. The van der Waals surface area contributed by atoms with Gasteiger partial charge in [-0.1, -0.05) is 0 Å². The van der Waals surface area contributed by atoms with Gasteiger partial charge in [0.15, 0.2) is 6.23 Å². The molecular formula is C18H28N6O15P2. The Balaban J connectivity index is 0.000000226. The van der Waals surface area contributed by atoms with Gasteiger partial charge in [-0.25, -0.2) is 18.7 Å². The first-order chi connectivity index (χ1) is 18.9. The molecule has 41 heavy (non-hydrogen) atoms. The van der Waals surface area contributed by atoms with Crippen LogP contribution in [0.5, 0.6) is 0 Å². The van der Waals surface area contributed by atoms with Crippen molar-refractivity contribution < 1.29 is 62.5 Å². The molecule has 0 unspecified atom stereocenters. The molecule has 4 heterocycles. The lowest BCUT2D eigenvalue weighted by molar-refractivity contribution is -0.0542. The van der Waals surface area contributed by atoms with Crippen molar-refractivity contribution in [3.05, 3.63) is 45.5 Å². The maximum Gasteiger partial charge on any atom is 0.469 e. The third-order valence-electron chi connectivity index (χ3n) is 5.64. The highest BCUT2D eigenvalue weighted by Crippen LogP contribution is 2.39. The maximum atomic E-state index is 11.6. The first kappa shape index (κ1) is 32.9. The Kier molecular flexibility index (Phi) is 10.5. The number of rotatable bonds is 8. The van der Waals surface area contributed by atoms with Crippen molar-refractivity contribution in [3.8, 4) is 0 Å². The summed E-state index contributed by atoms with van der Waals surface area (Å²) in [6, 6.07) is 2.69. The van der Waals surface area contributed by atoms with Gasteiger partial charge >= 0.3 is 27.0 Å². The predicted molar refractivity (Wildman–Crippen MR) is 132 cm³/mol. The Labute approximate surface area is 229 Å². The number of nitrogen functional groups attached to an aromatic ring is 2. The van der Waals surface area contributed by atoms with Crippen molar-refractivity contribution >= 4 is 27.3 Å². The molecule has 21 nitrogen and oxygen atoms in total. The second kappa shape index (κ2) is 13.1. The zero-order valence-corrected chi connectivity index (χ0v) is 22.5. The van der Waals surface area contributed by atoms with Crippen molar-refractivity contribution in [2.24, 2.45) is 0 Å². The van der Waals surface area contributed by atoms with Crippen LogP contribution in [0.2, 0.25) is 0 Å². The molecule has 0 radical (unpaired) electrons. The maximum absolute atomic E-state index is 11.6. The largest absolute Gasteiger partial charge is 0.469 e. The van der Waals surface area contributed by atoms with Gasteiger partial charge in [-0.2, -0.15) is 9.97 Å². The second-order valence-electron chi connectivity index (χ2n) is 8.64. The lowest BCUT2D eigenvalue weighted by Crippen LogP contribution is -2.36. The number of nitrogens with two attached hydrogens (primary N) is 2. The zero-order chi connectivity index (χ0) is 30.7. The number of nitrogens with zero attached hydrogens (tertiary/aromatic N) is 4. The second-order valence-corrected chi connectivity index (χ2v) is 11.1. The van der Waals surface area contributed by atoms with Crippen LogP contribution in [0.4, 0.5) is 11.6 Å². The molecule has 2 saturated heterocycles. The van der Waals surface area contributed by atoms with Crippen molar-refractivity contribution in [2.45, 2.75) is 49.4 Å². The molecule has 2 fully saturated rings. The number of phosphoric acid groups is 2. The molecule has 0 aromatic carbocycles. The quantitative estimate of drug-likeness (QED) is 0.126. The molecule has 2 aromatic rings. The van der Waals surface area contributed by atoms with Gasteiger partial charge in [0.05, 0.1) is 19.3 Å². The van der Waals surface area contributed by atoms with E-state index >= 15 is 0 Å². The predicted octanol–water partition coefficient (Wildman–Crippen LogP) is -3.86. The minimum absolute atomic E-state index is 0.0225. The summed E-state index contributed by atoms with van der Waals surface area (Å²) in [6.45, 7) is -1.14. The Hall–Kier alpha value is -2.62. The number of aliphatic hydroxyl groups is 3. The Bertz CT molecular complexity index is 1410. The number of hydrogen-bond donors (Lipinski definition) is 9. The average Bonchev–Trinajstić information content (AvgIpc) is 3.35. The third-order valence-corrected chi connectivity index (χ3v) is 6.61. The topological polar surface area (TPSA) is 334 Å². The minimum Gasteiger partial charge on any atom is -0.390 e. The number of aromatic nitrogens is 4. The standard InChI is InChI=1S/C9H14N3O8P.C9H14N3O7P/c10-5-1-2-12(9(15)11-5)8-7(14)6(13)4(20-8)3-19-21(16,17)18;10-7-1-2-12(9(14)11-7)8-3-5(13)6(19-8)4-18-20(15,16)17/h1-2,4,6-8,13-14H,3H2,(H2,10,11,15)(H2,16,17,18);1-2,5-6,8,13H,3-4H2,(H2,10,11,14)(H2,15,16,17)/t4-,6-,7-,8-;5-,6+,8+/m10/s1. The van der Waals surface area contributed by atoms with Crippen molar-refractivity contribution in [3.63, 3.8) is 0 Å². The summed E-state index contributed by atoms with van der Waals surface area (Å²) >= 11 is 0.